The fourth-order valence-corrected chi connectivity index (χ4v) is 12.2. The molecule has 0 amide bonds. The van der Waals surface area contributed by atoms with Crippen molar-refractivity contribution in [3.63, 3.8) is 0 Å². The largest absolute Gasteiger partial charge is 0.354 e. The first-order valence-corrected chi connectivity index (χ1v) is 23.7. The molecule has 7 heterocycles. The molecule has 66 heavy (non-hydrogen) atoms. The van der Waals surface area contributed by atoms with Crippen LogP contribution in [0.3, 0.4) is 0 Å². The maximum absolute atomic E-state index is 5.56. The minimum Gasteiger partial charge on any atom is -0.354 e. The van der Waals surface area contributed by atoms with E-state index in [1.165, 1.54) is 42.3 Å². The van der Waals surface area contributed by atoms with Gasteiger partial charge in [-0.25, -0.2) is 9.97 Å². The van der Waals surface area contributed by atoms with Gasteiger partial charge in [-0.15, -0.1) is 0 Å². The third-order valence-corrected chi connectivity index (χ3v) is 15.2. The summed E-state index contributed by atoms with van der Waals surface area (Å²) < 4.78 is 0. The quantitative estimate of drug-likeness (QED) is 0.184. The molecule has 4 aliphatic rings. The van der Waals surface area contributed by atoms with E-state index in [1.54, 1.807) is 0 Å². The molecule has 9 aromatic rings. The van der Waals surface area contributed by atoms with Crippen molar-refractivity contribution in [2.75, 3.05) is 23.9 Å². The highest BCUT2D eigenvalue weighted by atomic mass is 32.2. The molecule has 0 atom stereocenters. The van der Waals surface area contributed by atoms with Crippen LogP contribution < -0.4 is 9.80 Å². The zero-order valence-electron chi connectivity index (χ0n) is 36.1. The van der Waals surface area contributed by atoms with Crippen molar-refractivity contribution in [3.8, 4) is 44.5 Å². The molecular weight excluding hydrogens is 845 g/mol. The van der Waals surface area contributed by atoms with E-state index in [0.717, 1.165) is 89.4 Å². The molecule has 0 saturated heterocycles. The van der Waals surface area contributed by atoms with Gasteiger partial charge in [-0.3, -0.25) is 0 Å². The lowest BCUT2D eigenvalue weighted by Gasteiger charge is -2.29. The van der Waals surface area contributed by atoms with Gasteiger partial charge in [-0.2, -0.15) is 0 Å². The number of para-hydroxylation sites is 2. The molecule has 8 bridgehead atoms. The Bertz CT molecular complexity index is 3450. The van der Waals surface area contributed by atoms with Gasteiger partial charge in [0.2, 0.25) is 0 Å². The molecular formula is C58H40N6S2. The van der Waals surface area contributed by atoms with Crippen LogP contribution in [0.2, 0.25) is 0 Å². The summed E-state index contributed by atoms with van der Waals surface area (Å²) in [4.78, 5) is 28.4. The van der Waals surface area contributed by atoms with Crippen LogP contribution in [-0.4, -0.2) is 34.0 Å². The number of fused-ring (bicyclic) bond motifs is 12. The van der Waals surface area contributed by atoms with E-state index in [1.807, 2.05) is 23.5 Å². The molecule has 4 aliphatic heterocycles. The number of hydrogen-bond donors (Lipinski definition) is 2. The van der Waals surface area contributed by atoms with E-state index in [0.29, 0.717) is 0 Å². The molecule has 0 saturated carbocycles. The first kappa shape index (κ1) is 38.7. The van der Waals surface area contributed by atoms with E-state index in [2.05, 4.69) is 228 Å². The van der Waals surface area contributed by atoms with Gasteiger partial charge in [-0.1, -0.05) is 121 Å². The predicted octanol–water partition coefficient (Wildman–Crippen LogP) is 15.8. The molecule has 314 valence electrons. The zero-order valence-corrected chi connectivity index (χ0v) is 37.7. The average molecular weight is 885 g/mol. The number of aromatic amines is 2. The Hall–Kier alpha value is -7.78. The van der Waals surface area contributed by atoms with Gasteiger partial charge in [0, 0.05) is 78.0 Å². The SMILES string of the molecule is CN1c2ccccc2Sc2cc(-c3c4nc(c(-c5ccccc5)c5ccc([nH]5)c(-c5ccc6c(c5)Sc5ccccc5N6C)c5nc(c(-c6ccccc6)c6ccc3[nH]6)C=C5)C=C4)ccc21. The van der Waals surface area contributed by atoms with Gasteiger partial charge in [-0.05, 0) is 119 Å². The van der Waals surface area contributed by atoms with Crippen LogP contribution in [0.1, 0.15) is 22.8 Å². The molecule has 6 aromatic carbocycles. The summed E-state index contributed by atoms with van der Waals surface area (Å²) in [6.45, 7) is 0. The third-order valence-electron chi connectivity index (χ3n) is 13.0. The molecule has 2 N–H and O–H groups in total. The van der Waals surface area contributed by atoms with E-state index in [-0.39, 0.29) is 0 Å². The highest BCUT2D eigenvalue weighted by Gasteiger charge is 2.25. The molecule has 0 spiro atoms. The van der Waals surface area contributed by atoms with Crippen molar-refractivity contribution in [2.24, 2.45) is 0 Å². The molecule has 0 unspecified atom stereocenters. The number of nitrogens with one attached hydrogen (secondary N) is 2. The van der Waals surface area contributed by atoms with Crippen LogP contribution in [0.4, 0.5) is 22.7 Å². The van der Waals surface area contributed by atoms with Crippen molar-refractivity contribution >= 4 is 92.6 Å². The minimum atomic E-state index is 0.889. The summed E-state index contributed by atoms with van der Waals surface area (Å²) in [7, 11) is 4.31. The van der Waals surface area contributed by atoms with Gasteiger partial charge < -0.3 is 19.8 Å². The second-order valence-electron chi connectivity index (χ2n) is 16.9. The van der Waals surface area contributed by atoms with E-state index < -0.39 is 0 Å². The van der Waals surface area contributed by atoms with Crippen LogP contribution in [0.25, 0.3) is 90.9 Å². The van der Waals surface area contributed by atoms with Crippen LogP contribution in [-0.2, 0) is 0 Å². The standard InChI is InChI=1S/C58H40N6S2/c1-63-47-17-9-11-19-51(47)65-53-33-37(21-31-49(53)63)57-43-27-23-39(59-43)55(35-13-5-3-6-14-35)41-25-29-45(61-41)58(38-22-32-50-54(34-38)66-52-20-12-10-18-48(52)64(50)2)46-30-26-42(62-46)56(36-15-7-4-8-16-36)40-24-28-44(57)60-40/h3-34,59,62H,1-2H3. The number of H-pyrrole nitrogens is 2. The molecule has 0 aliphatic carbocycles. The Balaban J connectivity index is 1.11. The molecule has 8 heteroatoms. The molecule has 0 radical (unpaired) electrons. The van der Waals surface area contributed by atoms with Crippen molar-refractivity contribution in [2.45, 2.75) is 19.6 Å². The summed E-state index contributed by atoms with van der Waals surface area (Å²) in [6.07, 6.45) is 8.69. The number of hydrogen-bond acceptors (Lipinski definition) is 6. The smallest absolute Gasteiger partial charge is 0.0737 e. The van der Waals surface area contributed by atoms with Crippen LogP contribution in [0.5, 0.6) is 0 Å². The summed E-state index contributed by atoms with van der Waals surface area (Å²) in [5.74, 6) is 0. The number of benzene rings is 6. The zero-order chi connectivity index (χ0) is 43.9. The van der Waals surface area contributed by atoms with E-state index >= 15 is 0 Å². The number of rotatable bonds is 4. The van der Waals surface area contributed by atoms with Crippen LogP contribution >= 0.6 is 23.5 Å². The number of nitrogens with zero attached hydrogens (tertiary/aromatic N) is 4. The Kier molecular flexibility index (Phi) is 9.05. The minimum absolute atomic E-state index is 0.889. The van der Waals surface area contributed by atoms with Crippen molar-refractivity contribution in [1.29, 1.82) is 0 Å². The highest BCUT2D eigenvalue weighted by Crippen LogP contribution is 2.51. The predicted molar refractivity (Wildman–Crippen MR) is 278 cm³/mol. The Morgan fingerprint density at radius 3 is 1.06 bits per heavy atom. The molecule has 0 fully saturated rings. The lowest BCUT2D eigenvalue weighted by Crippen LogP contribution is -2.14. The Morgan fingerprint density at radius 1 is 0.333 bits per heavy atom. The summed E-state index contributed by atoms with van der Waals surface area (Å²) in [6, 6.07) is 60.9. The van der Waals surface area contributed by atoms with Gasteiger partial charge in [0.1, 0.15) is 0 Å². The lowest BCUT2D eigenvalue weighted by atomic mass is 10.0. The van der Waals surface area contributed by atoms with E-state index in [4.69, 9.17) is 9.97 Å². The monoisotopic (exact) mass is 884 g/mol. The van der Waals surface area contributed by atoms with Gasteiger partial charge in [0.25, 0.3) is 0 Å². The second-order valence-corrected chi connectivity index (χ2v) is 19.0. The maximum Gasteiger partial charge on any atom is 0.0737 e. The van der Waals surface area contributed by atoms with Crippen LogP contribution in [0, 0.1) is 0 Å². The molecule has 6 nitrogen and oxygen atoms in total. The van der Waals surface area contributed by atoms with Crippen LogP contribution in [0.15, 0.2) is 189 Å². The van der Waals surface area contributed by atoms with Gasteiger partial charge >= 0.3 is 0 Å². The summed E-state index contributed by atoms with van der Waals surface area (Å²) in [5, 5.41) is 0. The second kappa shape index (κ2) is 15.4. The van der Waals surface area contributed by atoms with Crippen molar-refractivity contribution in [3.05, 3.63) is 193 Å². The van der Waals surface area contributed by atoms with Gasteiger partial charge in [0.15, 0.2) is 0 Å². The maximum atomic E-state index is 5.56. The highest BCUT2D eigenvalue weighted by molar-refractivity contribution is 8.00. The van der Waals surface area contributed by atoms with Crippen molar-refractivity contribution in [1.82, 2.24) is 19.9 Å². The molecule has 3 aromatic heterocycles. The summed E-state index contributed by atoms with van der Waals surface area (Å²) in [5.41, 5.74) is 20.7. The number of anilines is 4. The first-order chi connectivity index (χ1) is 32.5. The van der Waals surface area contributed by atoms with E-state index in [9.17, 15) is 0 Å². The number of aromatic nitrogens is 4. The average Bonchev–Trinajstić information content (AvgIpc) is 4.21. The van der Waals surface area contributed by atoms with Crippen molar-refractivity contribution < 1.29 is 0 Å². The Labute approximate surface area is 391 Å². The normalized spacial score (nSPS) is 13.3. The fraction of sp³-hybridized carbons (Fsp3) is 0.0345. The molecule has 13 rings (SSSR count). The third kappa shape index (κ3) is 6.36. The summed E-state index contributed by atoms with van der Waals surface area (Å²) >= 11 is 3.63. The lowest BCUT2D eigenvalue weighted by molar-refractivity contribution is 1.11. The Morgan fingerprint density at radius 2 is 0.667 bits per heavy atom. The first-order valence-electron chi connectivity index (χ1n) is 22.1. The van der Waals surface area contributed by atoms with Gasteiger partial charge in [0.05, 0.1) is 45.5 Å². The fourth-order valence-electron chi connectivity index (χ4n) is 9.82. The topological polar surface area (TPSA) is 63.8 Å².